The van der Waals surface area contributed by atoms with Crippen LogP contribution in [0.3, 0.4) is 0 Å². The van der Waals surface area contributed by atoms with Gasteiger partial charge in [0.25, 0.3) is 0 Å². The maximum Gasteiger partial charge on any atom is 0.317 e. The first-order valence-electron chi connectivity index (χ1n) is 6.76. The minimum absolute atomic E-state index is 0.0192. The third-order valence-corrected chi connectivity index (χ3v) is 3.42. The molecule has 1 heterocycles. The second-order valence-electron chi connectivity index (χ2n) is 5.70. The molecule has 0 aliphatic carbocycles. The Kier molecular flexibility index (Phi) is 5.35. The monoisotopic (exact) mass is 285 g/mol. The summed E-state index contributed by atoms with van der Waals surface area (Å²) in [5.41, 5.74) is -0.562. The van der Waals surface area contributed by atoms with E-state index in [1.165, 1.54) is 6.92 Å². The van der Waals surface area contributed by atoms with Crippen molar-refractivity contribution < 1.29 is 19.5 Å². The van der Waals surface area contributed by atoms with Crippen LogP contribution in [0.2, 0.25) is 0 Å². The molecule has 7 nitrogen and oxygen atoms in total. The summed E-state index contributed by atoms with van der Waals surface area (Å²) in [6.07, 6.45) is 0.396. The molecule has 0 atom stereocenters. The number of carbonyl (C=O) groups excluding carboxylic acids is 2. The molecule has 0 aromatic carbocycles. The van der Waals surface area contributed by atoms with E-state index >= 15 is 0 Å². The number of amides is 3. The lowest BCUT2D eigenvalue weighted by molar-refractivity contribution is -0.137. The van der Waals surface area contributed by atoms with Gasteiger partial charge in [-0.1, -0.05) is 0 Å². The van der Waals surface area contributed by atoms with Crippen LogP contribution in [-0.4, -0.2) is 64.5 Å². The predicted octanol–water partition coefficient (Wildman–Crippen LogP) is 0.504. The summed E-state index contributed by atoms with van der Waals surface area (Å²) in [4.78, 5) is 37.2. The molecular formula is C13H23N3O4. The van der Waals surface area contributed by atoms with Crippen LogP contribution in [0, 0.1) is 0 Å². The molecule has 0 aromatic heterocycles. The molecule has 0 radical (unpaired) electrons. The van der Waals surface area contributed by atoms with Crippen molar-refractivity contribution in [2.45, 2.75) is 39.2 Å². The number of aliphatic carboxylic acids is 1. The van der Waals surface area contributed by atoms with Crippen molar-refractivity contribution in [1.82, 2.24) is 15.1 Å². The lowest BCUT2D eigenvalue weighted by Crippen LogP contribution is -2.56. The molecule has 3 amide bonds. The van der Waals surface area contributed by atoms with Gasteiger partial charge in [-0.05, 0) is 20.3 Å². The molecule has 0 saturated carbocycles. The van der Waals surface area contributed by atoms with Gasteiger partial charge in [-0.15, -0.1) is 0 Å². The molecule has 7 heteroatoms. The quantitative estimate of drug-likeness (QED) is 0.787. The Morgan fingerprint density at radius 2 is 1.60 bits per heavy atom. The molecule has 1 rings (SSSR count). The first-order chi connectivity index (χ1) is 9.21. The fraction of sp³-hybridized carbons (Fsp3) is 0.769. The Bertz CT molecular complexity index is 387. The summed E-state index contributed by atoms with van der Waals surface area (Å²) in [6, 6.07) is -0.205. The maximum absolute atomic E-state index is 12.1. The molecule has 0 unspecified atom stereocenters. The zero-order valence-corrected chi connectivity index (χ0v) is 12.3. The highest BCUT2D eigenvalue weighted by molar-refractivity contribution is 5.76. The van der Waals surface area contributed by atoms with Crippen LogP contribution in [0.4, 0.5) is 4.79 Å². The van der Waals surface area contributed by atoms with E-state index in [0.29, 0.717) is 32.6 Å². The number of nitrogens with one attached hydrogen (secondary N) is 1. The molecule has 0 aromatic rings. The maximum atomic E-state index is 12.1. The number of carbonyl (C=O) groups is 3. The van der Waals surface area contributed by atoms with E-state index in [4.69, 9.17) is 5.11 Å². The Hall–Kier alpha value is -1.79. The molecule has 0 spiro atoms. The molecule has 114 valence electrons. The van der Waals surface area contributed by atoms with Crippen LogP contribution >= 0.6 is 0 Å². The minimum atomic E-state index is -0.873. The predicted molar refractivity (Wildman–Crippen MR) is 73.3 cm³/mol. The molecule has 1 fully saturated rings. The van der Waals surface area contributed by atoms with Gasteiger partial charge in [0.2, 0.25) is 5.91 Å². The lowest BCUT2D eigenvalue weighted by Gasteiger charge is -2.36. The average Bonchev–Trinajstić information content (AvgIpc) is 2.36. The fourth-order valence-electron chi connectivity index (χ4n) is 2.07. The van der Waals surface area contributed by atoms with E-state index in [2.05, 4.69) is 5.32 Å². The van der Waals surface area contributed by atoms with Gasteiger partial charge in [-0.3, -0.25) is 9.59 Å². The number of hydrogen-bond donors (Lipinski definition) is 2. The highest BCUT2D eigenvalue weighted by Gasteiger charge is 2.27. The molecule has 1 saturated heterocycles. The standard InChI is InChI=1S/C13H23N3O4/c1-10(17)15-6-8-16(9-7-15)12(20)14-13(2,3)5-4-11(18)19/h4-9H2,1-3H3,(H,14,20)(H,18,19). The van der Waals surface area contributed by atoms with Crippen LogP contribution in [0.15, 0.2) is 0 Å². The van der Waals surface area contributed by atoms with Crippen LogP contribution in [0.1, 0.15) is 33.6 Å². The number of carboxylic acids is 1. The van der Waals surface area contributed by atoms with Crippen LogP contribution in [-0.2, 0) is 9.59 Å². The van der Waals surface area contributed by atoms with Crippen molar-refractivity contribution in [3.63, 3.8) is 0 Å². The number of piperazine rings is 1. The zero-order chi connectivity index (χ0) is 15.3. The number of hydrogen-bond acceptors (Lipinski definition) is 3. The Morgan fingerprint density at radius 3 is 2.05 bits per heavy atom. The van der Waals surface area contributed by atoms with E-state index in [1.807, 2.05) is 0 Å². The third kappa shape index (κ3) is 5.07. The van der Waals surface area contributed by atoms with Crippen LogP contribution in [0.25, 0.3) is 0 Å². The summed E-state index contributed by atoms with van der Waals surface area (Å²) in [5.74, 6) is -0.853. The highest BCUT2D eigenvalue weighted by Crippen LogP contribution is 2.12. The SMILES string of the molecule is CC(=O)N1CCN(C(=O)NC(C)(C)CCC(=O)O)CC1. The van der Waals surface area contributed by atoms with Gasteiger partial charge < -0.3 is 20.2 Å². The summed E-state index contributed by atoms with van der Waals surface area (Å²) >= 11 is 0. The van der Waals surface area contributed by atoms with Crippen LogP contribution < -0.4 is 5.32 Å². The minimum Gasteiger partial charge on any atom is -0.481 e. The third-order valence-electron chi connectivity index (χ3n) is 3.42. The summed E-state index contributed by atoms with van der Waals surface area (Å²) in [7, 11) is 0. The van der Waals surface area contributed by atoms with Gasteiger partial charge in [-0.2, -0.15) is 0 Å². The first kappa shape index (κ1) is 16.3. The Labute approximate surface area is 118 Å². The molecule has 20 heavy (non-hydrogen) atoms. The smallest absolute Gasteiger partial charge is 0.317 e. The summed E-state index contributed by atoms with van der Waals surface area (Å²) < 4.78 is 0. The van der Waals surface area contributed by atoms with Crippen molar-refractivity contribution in [2.24, 2.45) is 0 Å². The fourth-order valence-corrected chi connectivity index (χ4v) is 2.07. The molecular weight excluding hydrogens is 262 g/mol. The van der Waals surface area contributed by atoms with E-state index in [0.717, 1.165) is 0 Å². The number of carboxylic acid groups (broad SMARTS) is 1. The van der Waals surface area contributed by atoms with Gasteiger partial charge in [-0.25, -0.2) is 4.79 Å². The normalized spacial score (nSPS) is 15.9. The summed E-state index contributed by atoms with van der Waals surface area (Å²) in [5, 5.41) is 11.5. The topological polar surface area (TPSA) is 90.0 Å². The van der Waals surface area contributed by atoms with Crippen molar-refractivity contribution in [3.8, 4) is 0 Å². The van der Waals surface area contributed by atoms with Crippen molar-refractivity contribution in [1.29, 1.82) is 0 Å². The molecule has 1 aliphatic heterocycles. The van der Waals surface area contributed by atoms with Crippen LogP contribution in [0.5, 0.6) is 0 Å². The van der Waals surface area contributed by atoms with Gasteiger partial charge in [0.1, 0.15) is 0 Å². The Morgan fingerprint density at radius 1 is 1.10 bits per heavy atom. The zero-order valence-electron chi connectivity index (χ0n) is 12.3. The molecule has 2 N–H and O–H groups in total. The second kappa shape index (κ2) is 6.58. The second-order valence-corrected chi connectivity index (χ2v) is 5.70. The molecule has 1 aliphatic rings. The van der Waals surface area contributed by atoms with E-state index < -0.39 is 11.5 Å². The van der Waals surface area contributed by atoms with Gasteiger partial charge in [0.05, 0.1) is 0 Å². The van der Waals surface area contributed by atoms with Crippen molar-refractivity contribution >= 4 is 17.9 Å². The largest absolute Gasteiger partial charge is 0.481 e. The average molecular weight is 285 g/mol. The van der Waals surface area contributed by atoms with Gasteiger partial charge in [0, 0.05) is 45.1 Å². The summed E-state index contributed by atoms with van der Waals surface area (Å²) in [6.45, 7) is 7.21. The van der Waals surface area contributed by atoms with Gasteiger partial charge in [0.15, 0.2) is 0 Å². The van der Waals surface area contributed by atoms with E-state index in [9.17, 15) is 14.4 Å². The lowest BCUT2D eigenvalue weighted by atomic mass is 9.99. The Balaban J connectivity index is 2.43. The van der Waals surface area contributed by atoms with Gasteiger partial charge >= 0.3 is 12.0 Å². The van der Waals surface area contributed by atoms with Crippen molar-refractivity contribution in [2.75, 3.05) is 26.2 Å². The van der Waals surface area contributed by atoms with E-state index in [1.54, 1.807) is 23.6 Å². The van der Waals surface area contributed by atoms with Crippen molar-refractivity contribution in [3.05, 3.63) is 0 Å². The number of nitrogens with zero attached hydrogens (tertiary/aromatic N) is 2. The first-order valence-corrected chi connectivity index (χ1v) is 6.76. The number of rotatable bonds is 4. The highest BCUT2D eigenvalue weighted by atomic mass is 16.4. The number of urea groups is 1. The molecule has 0 bridgehead atoms. The van der Waals surface area contributed by atoms with E-state index in [-0.39, 0.29) is 18.4 Å².